The van der Waals surface area contributed by atoms with Crippen LogP contribution in [0.3, 0.4) is 0 Å². The second-order valence-corrected chi connectivity index (χ2v) is 11.2. The summed E-state index contributed by atoms with van der Waals surface area (Å²) in [5.74, 6) is 3.13. The number of carbonyl (C=O) groups excluding carboxylic acids is 1. The molecule has 40 heavy (non-hydrogen) atoms. The first kappa shape index (κ1) is 25.9. The number of rotatable bonds is 6. The van der Waals surface area contributed by atoms with Crippen LogP contribution in [-0.2, 0) is 11.4 Å². The lowest BCUT2D eigenvalue weighted by molar-refractivity contribution is -0.118. The third-order valence-electron chi connectivity index (χ3n) is 7.76. The minimum Gasteiger partial charge on any atom is -0.493 e. The van der Waals surface area contributed by atoms with E-state index >= 15 is 0 Å². The van der Waals surface area contributed by atoms with E-state index in [4.69, 9.17) is 23.9 Å². The fourth-order valence-electron chi connectivity index (χ4n) is 5.64. The number of ketones is 1. The summed E-state index contributed by atoms with van der Waals surface area (Å²) in [5, 5.41) is 4.64. The lowest BCUT2D eigenvalue weighted by atomic mass is 9.70. The molecule has 0 fully saturated rings. The Morgan fingerprint density at radius 3 is 2.62 bits per heavy atom. The van der Waals surface area contributed by atoms with Gasteiger partial charge >= 0.3 is 0 Å². The highest BCUT2D eigenvalue weighted by molar-refractivity contribution is 6.00. The number of aryl methyl sites for hydroxylation is 1. The van der Waals surface area contributed by atoms with Crippen LogP contribution >= 0.6 is 0 Å². The van der Waals surface area contributed by atoms with Crippen LogP contribution in [0, 0.1) is 19.3 Å². The van der Waals surface area contributed by atoms with Crippen molar-refractivity contribution in [3.05, 3.63) is 82.1 Å². The number of allylic oxidation sites excluding steroid dienone is 2. The third kappa shape index (κ3) is 4.35. The third-order valence-corrected chi connectivity index (χ3v) is 7.76. The summed E-state index contributed by atoms with van der Waals surface area (Å²) in [5.41, 5.74) is 4.75. The molecule has 0 saturated carbocycles. The minimum absolute atomic E-state index is 0.0525. The topological polar surface area (TPSA) is 97.1 Å². The molecule has 9 heteroatoms. The van der Waals surface area contributed by atoms with Crippen molar-refractivity contribution < 1.29 is 23.7 Å². The molecule has 4 aromatic rings. The number of Topliss-reactive ketones (excluding diaryl/α,β-unsaturated/α-hetero) is 1. The Hall–Kier alpha value is -4.40. The van der Waals surface area contributed by atoms with Gasteiger partial charge in [0.05, 0.1) is 25.7 Å². The maximum atomic E-state index is 13.7. The molecule has 2 aromatic heterocycles. The average Bonchev–Trinajstić information content (AvgIpc) is 3.35. The molecule has 9 nitrogen and oxygen atoms in total. The smallest absolute Gasteiger partial charge is 0.228 e. The molecule has 0 N–H and O–H groups in total. The highest BCUT2D eigenvalue weighted by Crippen LogP contribution is 2.51. The van der Waals surface area contributed by atoms with Crippen molar-refractivity contribution in [2.24, 2.45) is 5.41 Å². The Balaban J connectivity index is 1.48. The number of carbonyl (C=O) groups is 1. The molecule has 1 unspecified atom stereocenters. The van der Waals surface area contributed by atoms with Crippen LogP contribution in [0.4, 0.5) is 0 Å². The van der Waals surface area contributed by atoms with Crippen LogP contribution in [0.5, 0.6) is 23.1 Å². The quantitative estimate of drug-likeness (QED) is 0.316. The van der Waals surface area contributed by atoms with Crippen molar-refractivity contribution in [1.29, 1.82) is 0 Å². The Kier molecular flexibility index (Phi) is 6.24. The second-order valence-electron chi connectivity index (χ2n) is 11.2. The van der Waals surface area contributed by atoms with E-state index in [1.807, 2.05) is 50.2 Å². The van der Waals surface area contributed by atoms with Gasteiger partial charge in [0.25, 0.3) is 0 Å². The summed E-state index contributed by atoms with van der Waals surface area (Å²) in [4.78, 5) is 23.2. The maximum Gasteiger partial charge on any atom is 0.228 e. The molecule has 0 saturated heterocycles. The van der Waals surface area contributed by atoms with E-state index in [-0.39, 0.29) is 17.8 Å². The summed E-state index contributed by atoms with van der Waals surface area (Å²) in [6.45, 7) is 8.42. The number of methoxy groups -OCH3 is 2. The first-order valence-electron chi connectivity index (χ1n) is 13.3. The molecule has 1 aliphatic carbocycles. The van der Waals surface area contributed by atoms with Gasteiger partial charge in [-0.3, -0.25) is 4.79 Å². The van der Waals surface area contributed by atoms with E-state index in [1.165, 1.54) is 0 Å². The number of hydrogen-bond acceptors (Lipinski definition) is 8. The second kappa shape index (κ2) is 9.66. The summed E-state index contributed by atoms with van der Waals surface area (Å²) < 4.78 is 25.1. The van der Waals surface area contributed by atoms with Crippen molar-refractivity contribution in [2.75, 3.05) is 14.2 Å². The predicted octanol–water partition coefficient (Wildman–Crippen LogP) is 5.50. The number of nitrogens with zero attached hydrogens (tertiary/aromatic N) is 4. The average molecular weight is 541 g/mol. The fourth-order valence-corrected chi connectivity index (χ4v) is 5.64. The molecule has 3 heterocycles. The zero-order chi connectivity index (χ0) is 28.2. The SMILES string of the molecule is COc1ccc(C2C3=C(CC(C)(C)CC3=O)Oc3ncn4nc(COc5cccc(C)c5C)nc4c32)cc1OC. The van der Waals surface area contributed by atoms with Crippen molar-refractivity contribution in [1.82, 2.24) is 19.6 Å². The normalized spacial score (nSPS) is 17.8. The summed E-state index contributed by atoms with van der Waals surface area (Å²) >= 11 is 0. The molecular formula is C31H32N4O5. The molecule has 2 aromatic carbocycles. The van der Waals surface area contributed by atoms with Gasteiger partial charge in [-0.15, -0.1) is 5.10 Å². The van der Waals surface area contributed by atoms with E-state index in [0.717, 1.165) is 22.4 Å². The van der Waals surface area contributed by atoms with Crippen LogP contribution in [0.1, 0.15) is 60.7 Å². The first-order chi connectivity index (χ1) is 19.2. The van der Waals surface area contributed by atoms with Crippen LogP contribution in [0.15, 0.2) is 54.1 Å². The summed E-state index contributed by atoms with van der Waals surface area (Å²) in [6, 6.07) is 11.7. The van der Waals surface area contributed by atoms with E-state index in [0.29, 0.717) is 58.6 Å². The van der Waals surface area contributed by atoms with Gasteiger partial charge in [0.2, 0.25) is 5.88 Å². The van der Waals surface area contributed by atoms with Crippen LogP contribution in [0.25, 0.3) is 5.65 Å². The minimum atomic E-state index is -0.463. The number of benzene rings is 2. The zero-order valence-electron chi connectivity index (χ0n) is 23.6. The van der Waals surface area contributed by atoms with Gasteiger partial charge in [0.15, 0.2) is 28.8 Å². The first-order valence-corrected chi connectivity index (χ1v) is 13.3. The number of hydrogen-bond donors (Lipinski definition) is 0. The standard InChI is InChI=1S/C31H32N4O5/c1-17-8-7-9-21(18(17)2)39-15-25-33-29-28-26(19-10-11-22(37-5)23(12-19)38-6)27-20(36)13-31(3,4)14-24(27)40-30(28)32-16-35(29)34-25/h7-12,16,26H,13-15H2,1-6H3. The van der Waals surface area contributed by atoms with E-state index in [9.17, 15) is 4.79 Å². The number of aromatic nitrogens is 4. The van der Waals surface area contributed by atoms with Gasteiger partial charge in [0.1, 0.15) is 24.4 Å². The Labute approximate surface area is 232 Å². The van der Waals surface area contributed by atoms with Crippen LogP contribution in [0.2, 0.25) is 0 Å². The van der Waals surface area contributed by atoms with Gasteiger partial charge in [-0.1, -0.05) is 32.0 Å². The summed E-state index contributed by atoms with van der Waals surface area (Å²) in [7, 11) is 3.19. The van der Waals surface area contributed by atoms with E-state index in [2.05, 4.69) is 23.9 Å². The van der Waals surface area contributed by atoms with Gasteiger partial charge < -0.3 is 18.9 Å². The molecule has 0 radical (unpaired) electrons. The molecular weight excluding hydrogens is 508 g/mol. The molecule has 0 bridgehead atoms. The maximum absolute atomic E-state index is 13.7. The monoisotopic (exact) mass is 540 g/mol. The van der Waals surface area contributed by atoms with Crippen molar-refractivity contribution in [3.63, 3.8) is 0 Å². The van der Waals surface area contributed by atoms with E-state index in [1.54, 1.807) is 25.1 Å². The molecule has 1 atom stereocenters. The van der Waals surface area contributed by atoms with Crippen molar-refractivity contribution >= 4 is 11.4 Å². The molecule has 2 aliphatic rings. The van der Waals surface area contributed by atoms with Crippen LogP contribution in [-0.4, -0.2) is 39.6 Å². The molecule has 206 valence electrons. The lowest BCUT2D eigenvalue weighted by Crippen LogP contribution is -2.33. The van der Waals surface area contributed by atoms with Crippen molar-refractivity contribution in [3.8, 4) is 23.1 Å². The molecule has 1 aliphatic heterocycles. The van der Waals surface area contributed by atoms with Gasteiger partial charge in [-0.25, -0.2) is 14.5 Å². The Morgan fingerprint density at radius 2 is 1.85 bits per heavy atom. The largest absolute Gasteiger partial charge is 0.493 e. The highest BCUT2D eigenvalue weighted by Gasteiger charge is 2.44. The van der Waals surface area contributed by atoms with Gasteiger partial charge in [-0.05, 0) is 54.2 Å². The Morgan fingerprint density at radius 1 is 1.05 bits per heavy atom. The van der Waals surface area contributed by atoms with E-state index < -0.39 is 5.92 Å². The highest BCUT2D eigenvalue weighted by atomic mass is 16.5. The van der Waals surface area contributed by atoms with Crippen LogP contribution < -0.4 is 18.9 Å². The molecule has 0 spiro atoms. The summed E-state index contributed by atoms with van der Waals surface area (Å²) in [6.07, 6.45) is 2.65. The molecule has 6 rings (SSSR count). The fraction of sp³-hybridized carbons (Fsp3) is 0.355. The van der Waals surface area contributed by atoms with Crippen molar-refractivity contribution in [2.45, 2.75) is 53.1 Å². The van der Waals surface area contributed by atoms with Gasteiger partial charge in [0, 0.05) is 18.4 Å². The number of ether oxygens (including phenoxy) is 4. The number of fused-ring (bicyclic) bond motifs is 3. The van der Waals surface area contributed by atoms with Gasteiger partial charge in [-0.2, -0.15) is 0 Å². The predicted molar refractivity (Wildman–Crippen MR) is 148 cm³/mol. The zero-order valence-corrected chi connectivity index (χ0v) is 23.6. The molecule has 0 amide bonds. The lowest BCUT2D eigenvalue weighted by Gasteiger charge is -2.37. The Bertz CT molecular complexity index is 1690.